The smallest absolute Gasteiger partial charge is 0.267 e. The molecule has 2 unspecified atom stereocenters. The van der Waals surface area contributed by atoms with Gasteiger partial charge in [0.25, 0.3) is 5.56 Å². The summed E-state index contributed by atoms with van der Waals surface area (Å²) in [7, 11) is 0. The van der Waals surface area contributed by atoms with Gasteiger partial charge in [-0.3, -0.25) is 14.0 Å². The largest absolute Gasteiger partial charge is 0.337 e. The number of thioether (sulfide) groups is 1. The molecule has 0 radical (unpaired) electrons. The first kappa shape index (κ1) is 22.7. The second-order valence-corrected chi connectivity index (χ2v) is 10.2. The standard InChI is InChI=1S/C26H29N5O2S/c1-16-12-13-21(17(2)14-16)30-24(33)20-10-5-6-11-22(20)31-25(30)27-28-26(31)34-15-23(32)29-18(3)8-7-9-19(29)4/h5-6,10-14,18-19H,7-9,15H2,1-4H3. The van der Waals surface area contributed by atoms with Crippen molar-refractivity contribution in [2.45, 2.75) is 64.2 Å². The zero-order chi connectivity index (χ0) is 24.0. The van der Waals surface area contributed by atoms with Gasteiger partial charge in [0.05, 0.1) is 22.3 Å². The third kappa shape index (κ3) is 3.79. The van der Waals surface area contributed by atoms with Crippen LogP contribution >= 0.6 is 11.8 Å². The second kappa shape index (κ2) is 8.91. The minimum Gasteiger partial charge on any atom is -0.337 e. The monoisotopic (exact) mass is 475 g/mol. The van der Waals surface area contributed by atoms with Crippen LogP contribution in [-0.2, 0) is 4.79 Å². The summed E-state index contributed by atoms with van der Waals surface area (Å²) in [4.78, 5) is 28.7. The Morgan fingerprint density at radius 2 is 1.79 bits per heavy atom. The van der Waals surface area contributed by atoms with Crippen LogP contribution in [0.5, 0.6) is 0 Å². The number of benzene rings is 2. The molecule has 7 nitrogen and oxygen atoms in total. The Morgan fingerprint density at radius 1 is 1.06 bits per heavy atom. The number of rotatable bonds is 4. The van der Waals surface area contributed by atoms with Crippen LogP contribution in [0.2, 0.25) is 0 Å². The summed E-state index contributed by atoms with van der Waals surface area (Å²) in [5, 5.41) is 10.0. The number of amides is 1. The number of hydrogen-bond donors (Lipinski definition) is 0. The van der Waals surface area contributed by atoms with E-state index >= 15 is 0 Å². The second-order valence-electron chi connectivity index (χ2n) is 9.28. The molecule has 0 aliphatic carbocycles. The van der Waals surface area contributed by atoms with Crippen LogP contribution in [0.1, 0.15) is 44.2 Å². The van der Waals surface area contributed by atoms with Crippen LogP contribution in [0.4, 0.5) is 0 Å². The summed E-state index contributed by atoms with van der Waals surface area (Å²) in [5.74, 6) is 0.853. The predicted octanol–water partition coefficient (Wildman–Crippen LogP) is 4.53. The average molecular weight is 476 g/mol. The third-order valence-electron chi connectivity index (χ3n) is 6.79. The normalized spacial score (nSPS) is 18.6. The Labute approximate surface area is 202 Å². The lowest BCUT2D eigenvalue weighted by Crippen LogP contribution is -2.48. The molecule has 1 aliphatic heterocycles. The molecule has 34 heavy (non-hydrogen) atoms. The lowest BCUT2D eigenvalue weighted by molar-refractivity contribution is -0.134. The topological polar surface area (TPSA) is 72.5 Å². The van der Waals surface area contributed by atoms with E-state index in [1.54, 1.807) is 4.57 Å². The molecule has 1 amide bonds. The molecule has 4 aromatic rings. The summed E-state index contributed by atoms with van der Waals surface area (Å²) in [6.07, 6.45) is 3.25. The first-order chi connectivity index (χ1) is 16.4. The predicted molar refractivity (Wildman–Crippen MR) is 136 cm³/mol. The van der Waals surface area contributed by atoms with Crippen LogP contribution in [0.15, 0.2) is 52.4 Å². The first-order valence-electron chi connectivity index (χ1n) is 11.8. The van der Waals surface area contributed by atoms with Crippen molar-refractivity contribution >= 4 is 34.3 Å². The Morgan fingerprint density at radius 3 is 2.53 bits per heavy atom. The van der Waals surface area contributed by atoms with E-state index in [-0.39, 0.29) is 29.3 Å². The molecule has 3 heterocycles. The average Bonchev–Trinajstić information content (AvgIpc) is 3.23. The molecule has 2 aromatic heterocycles. The van der Waals surface area contributed by atoms with E-state index < -0.39 is 0 Å². The highest BCUT2D eigenvalue weighted by Crippen LogP contribution is 2.27. The first-order valence-corrected chi connectivity index (χ1v) is 12.8. The van der Waals surface area contributed by atoms with Gasteiger partial charge in [-0.25, -0.2) is 4.57 Å². The maximum absolute atomic E-state index is 13.5. The number of fused-ring (bicyclic) bond motifs is 3. The number of hydrogen-bond acceptors (Lipinski definition) is 5. The molecule has 2 aromatic carbocycles. The fourth-order valence-electron chi connectivity index (χ4n) is 5.16. The van der Waals surface area contributed by atoms with Crippen LogP contribution < -0.4 is 5.56 Å². The van der Waals surface area contributed by atoms with E-state index in [0.717, 1.165) is 41.6 Å². The molecule has 1 aliphatic rings. The number of piperidine rings is 1. The van der Waals surface area contributed by atoms with E-state index in [2.05, 4.69) is 30.1 Å². The van der Waals surface area contributed by atoms with Crippen molar-refractivity contribution in [1.82, 2.24) is 24.1 Å². The molecular weight excluding hydrogens is 446 g/mol. The van der Waals surface area contributed by atoms with Crippen molar-refractivity contribution in [3.05, 3.63) is 63.9 Å². The zero-order valence-corrected chi connectivity index (χ0v) is 20.8. The molecule has 0 saturated carbocycles. The fourth-order valence-corrected chi connectivity index (χ4v) is 5.97. The van der Waals surface area contributed by atoms with Crippen molar-refractivity contribution in [3.8, 4) is 5.69 Å². The molecule has 1 fully saturated rings. The lowest BCUT2D eigenvalue weighted by atomic mass is 9.98. The summed E-state index contributed by atoms with van der Waals surface area (Å²) >= 11 is 1.38. The molecule has 0 N–H and O–H groups in total. The zero-order valence-electron chi connectivity index (χ0n) is 20.0. The van der Waals surface area contributed by atoms with Gasteiger partial charge in [-0.1, -0.05) is 41.6 Å². The molecule has 176 valence electrons. The highest BCUT2D eigenvalue weighted by atomic mass is 32.2. The van der Waals surface area contributed by atoms with Gasteiger partial charge < -0.3 is 4.90 Å². The Hall–Kier alpha value is -3.13. The molecule has 5 rings (SSSR count). The fraction of sp³-hybridized carbons (Fsp3) is 0.385. The number of aryl methyl sites for hydroxylation is 2. The van der Waals surface area contributed by atoms with Gasteiger partial charge in [-0.05, 0) is 70.7 Å². The van der Waals surface area contributed by atoms with Gasteiger partial charge in [0.2, 0.25) is 11.7 Å². The molecule has 1 saturated heterocycles. The van der Waals surface area contributed by atoms with E-state index in [9.17, 15) is 9.59 Å². The number of carbonyl (C=O) groups is 1. The summed E-state index contributed by atoms with van der Waals surface area (Å²) in [6, 6.07) is 14.0. The van der Waals surface area contributed by atoms with E-state index in [4.69, 9.17) is 0 Å². The maximum Gasteiger partial charge on any atom is 0.267 e. The van der Waals surface area contributed by atoms with Gasteiger partial charge in [-0.2, -0.15) is 0 Å². The SMILES string of the molecule is Cc1ccc(-n2c(=O)c3ccccc3n3c(SCC(=O)N4C(C)CCCC4C)nnc23)c(C)c1. The van der Waals surface area contributed by atoms with E-state index in [1.807, 2.05) is 59.5 Å². The van der Waals surface area contributed by atoms with Crippen LogP contribution in [0.25, 0.3) is 22.4 Å². The highest BCUT2D eigenvalue weighted by molar-refractivity contribution is 7.99. The van der Waals surface area contributed by atoms with Crippen molar-refractivity contribution in [1.29, 1.82) is 0 Å². The Bertz CT molecular complexity index is 1450. The van der Waals surface area contributed by atoms with Crippen LogP contribution in [-0.4, -0.2) is 47.8 Å². The van der Waals surface area contributed by atoms with Gasteiger partial charge >= 0.3 is 0 Å². The lowest BCUT2D eigenvalue weighted by Gasteiger charge is -2.39. The summed E-state index contributed by atoms with van der Waals surface area (Å²) < 4.78 is 3.53. The summed E-state index contributed by atoms with van der Waals surface area (Å²) in [5.41, 5.74) is 3.50. The van der Waals surface area contributed by atoms with E-state index in [0.29, 0.717) is 16.3 Å². The number of likely N-dealkylation sites (tertiary alicyclic amines) is 1. The Kier molecular flexibility index (Phi) is 5.93. The van der Waals surface area contributed by atoms with E-state index in [1.165, 1.54) is 11.8 Å². The van der Waals surface area contributed by atoms with Crippen LogP contribution in [0, 0.1) is 13.8 Å². The molecule has 0 bridgehead atoms. The van der Waals surface area contributed by atoms with Gasteiger partial charge in [0.15, 0.2) is 5.16 Å². The minimum atomic E-state index is -0.133. The molecule has 0 spiro atoms. The quantitative estimate of drug-likeness (QED) is 0.406. The van der Waals surface area contributed by atoms with Gasteiger partial charge in [0.1, 0.15) is 0 Å². The Balaban J connectivity index is 1.60. The summed E-state index contributed by atoms with van der Waals surface area (Å²) in [6.45, 7) is 8.27. The number of nitrogens with zero attached hydrogens (tertiary/aromatic N) is 5. The van der Waals surface area contributed by atoms with Crippen molar-refractivity contribution in [3.63, 3.8) is 0 Å². The third-order valence-corrected chi connectivity index (χ3v) is 7.71. The number of aromatic nitrogens is 4. The van der Waals surface area contributed by atoms with Crippen molar-refractivity contribution < 1.29 is 4.79 Å². The number of para-hydroxylation sites is 1. The number of carbonyl (C=O) groups excluding carboxylic acids is 1. The maximum atomic E-state index is 13.5. The van der Waals surface area contributed by atoms with Gasteiger partial charge in [0, 0.05) is 12.1 Å². The van der Waals surface area contributed by atoms with Crippen molar-refractivity contribution in [2.75, 3.05) is 5.75 Å². The molecule has 8 heteroatoms. The van der Waals surface area contributed by atoms with Crippen LogP contribution in [0.3, 0.4) is 0 Å². The highest BCUT2D eigenvalue weighted by Gasteiger charge is 2.29. The molecular formula is C26H29N5O2S. The van der Waals surface area contributed by atoms with Crippen molar-refractivity contribution in [2.24, 2.45) is 0 Å². The molecule has 2 atom stereocenters. The minimum absolute atomic E-state index is 0.119. The van der Waals surface area contributed by atoms with Gasteiger partial charge in [-0.15, -0.1) is 10.2 Å².